The summed E-state index contributed by atoms with van der Waals surface area (Å²) in [4.78, 5) is 0. The van der Waals surface area contributed by atoms with Crippen molar-refractivity contribution >= 4 is 17.4 Å². The van der Waals surface area contributed by atoms with E-state index in [1.807, 2.05) is 0 Å². The van der Waals surface area contributed by atoms with Crippen molar-refractivity contribution in [1.29, 1.82) is 0 Å². The van der Waals surface area contributed by atoms with Crippen LogP contribution in [0.25, 0.3) is 17.1 Å². The fourth-order valence-electron chi connectivity index (χ4n) is 2.26. The predicted octanol–water partition coefficient (Wildman–Crippen LogP) is 3.95. The van der Waals surface area contributed by atoms with Crippen LogP contribution >= 0.6 is 11.8 Å². The Hall–Kier alpha value is -2.74. The maximum absolute atomic E-state index is 13.3. The van der Waals surface area contributed by atoms with Crippen LogP contribution in [0.4, 0.5) is 8.78 Å². The number of hydrogen-bond donors (Lipinski definition) is 0. The SMILES string of the molecule is Fc1cc(F)cc(CSc2nnc3ccc(-c4ccco4)nn23)c1. The highest BCUT2D eigenvalue weighted by atomic mass is 32.2. The lowest BCUT2D eigenvalue weighted by molar-refractivity contribution is 0.577. The van der Waals surface area contributed by atoms with Gasteiger partial charge in [0.2, 0.25) is 5.16 Å². The summed E-state index contributed by atoms with van der Waals surface area (Å²) in [5, 5.41) is 13.1. The third kappa shape index (κ3) is 2.88. The molecule has 3 heterocycles. The zero-order valence-electron chi connectivity index (χ0n) is 12.2. The second kappa shape index (κ2) is 6.04. The molecule has 0 aliphatic rings. The van der Waals surface area contributed by atoms with Gasteiger partial charge in [0.15, 0.2) is 11.4 Å². The lowest BCUT2D eigenvalue weighted by Gasteiger charge is -2.02. The van der Waals surface area contributed by atoms with Crippen LogP contribution in [0, 0.1) is 11.6 Å². The molecule has 0 N–H and O–H groups in total. The van der Waals surface area contributed by atoms with Crippen molar-refractivity contribution in [2.75, 3.05) is 0 Å². The number of aromatic nitrogens is 4. The maximum atomic E-state index is 13.3. The summed E-state index contributed by atoms with van der Waals surface area (Å²) in [7, 11) is 0. The molecule has 0 unspecified atom stereocenters. The van der Waals surface area contributed by atoms with Crippen LogP contribution in [0.3, 0.4) is 0 Å². The van der Waals surface area contributed by atoms with E-state index in [-0.39, 0.29) is 0 Å². The van der Waals surface area contributed by atoms with Crippen molar-refractivity contribution in [3.05, 3.63) is 65.9 Å². The number of benzene rings is 1. The van der Waals surface area contributed by atoms with E-state index in [4.69, 9.17) is 4.42 Å². The second-order valence-electron chi connectivity index (χ2n) is 5.01. The smallest absolute Gasteiger partial charge is 0.212 e. The van der Waals surface area contributed by atoms with Gasteiger partial charge in [-0.3, -0.25) is 0 Å². The first kappa shape index (κ1) is 14.8. The number of hydrogen-bond acceptors (Lipinski definition) is 5. The standard InChI is InChI=1S/C16H10F2N4OS/c17-11-6-10(7-12(18)8-11)9-24-16-20-19-15-4-3-13(21-22(15)16)14-2-1-5-23-14/h1-8H,9H2. The van der Waals surface area contributed by atoms with Crippen LogP contribution < -0.4 is 0 Å². The molecule has 0 saturated heterocycles. The molecule has 0 bridgehead atoms. The summed E-state index contributed by atoms with van der Waals surface area (Å²) in [5.41, 5.74) is 1.75. The average molecular weight is 344 g/mol. The van der Waals surface area contributed by atoms with Gasteiger partial charge in [-0.25, -0.2) is 8.78 Å². The first-order chi connectivity index (χ1) is 11.7. The van der Waals surface area contributed by atoms with E-state index in [9.17, 15) is 8.78 Å². The molecule has 0 amide bonds. The fraction of sp³-hybridized carbons (Fsp3) is 0.0625. The Bertz CT molecular complexity index is 980. The number of furan rings is 1. The van der Waals surface area contributed by atoms with Crippen LogP contribution in [0.5, 0.6) is 0 Å². The molecule has 0 atom stereocenters. The Labute approximate surface area is 139 Å². The highest BCUT2D eigenvalue weighted by Gasteiger charge is 2.11. The molecule has 0 aliphatic heterocycles. The molecule has 0 spiro atoms. The van der Waals surface area contributed by atoms with Gasteiger partial charge in [0, 0.05) is 11.8 Å². The fourth-order valence-corrected chi connectivity index (χ4v) is 3.07. The maximum Gasteiger partial charge on any atom is 0.212 e. The summed E-state index contributed by atoms with van der Waals surface area (Å²) in [6, 6.07) is 10.6. The Morgan fingerprint density at radius 1 is 1.04 bits per heavy atom. The van der Waals surface area contributed by atoms with E-state index in [0.717, 1.165) is 6.07 Å². The van der Waals surface area contributed by atoms with E-state index in [2.05, 4.69) is 15.3 Å². The van der Waals surface area contributed by atoms with E-state index in [1.165, 1.54) is 23.9 Å². The summed E-state index contributed by atoms with van der Waals surface area (Å²) in [6.07, 6.45) is 1.57. The summed E-state index contributed by atoms with van der Waals surface area (Å²) < 4.78 is 33.4. The Morgan fingerprint density at radius 2 is 1.88 bits per heavy atom. The Balaban J connectivity index is 1.63. The number of fused-ring (bicyclic) bond motifs is 1. The van der Waals surface area contributed by atoms with Gasteiger partial charge in [-0.05, 0) is 42.0 Å². The van der Waals surface area contributed by atoms with E-state index >= 15 is 0 Å². The molecule has 5 nitrogen and oxygen atoms in total. The van der Waals surface area contributed by atoms with Crippen LogP contribution in [0.2, 0.25) is 0 Å². The van der Waals surface area contributed by atoms with Gasteiger partial charge in [0.25, 0.3) is 0 Å². The molecular weight excluding hydrogens is 334 g/mol. The molecule has 0 aliphatic carbocycles. The third-order valence-electron chi connectivity index (χ3n) is 3.30. The average Bonchev–Trinajstić information content (AvgIpc) is 3.21. The zero-order valence-corrected chi connectivity index (χ0v) is 13.0. The molecule has 0 radical (unpaired) electrons. The quantitative estimate of drug-likeness (QED) is 0.525. The van der Waals surface area contributed by atoms with Gasteiger partial charge in [-0.1, -0.05) is 11.8 Å². The summed E-state index contributed by atoms with van der Waals surface area (Å²) in [5.74, 6) is -0.221. The van der Waals surface area contributed by atoms with E-state index in [0.29, 0.717) is 33.6 Å². The van der Waals surface area contributed by atoms with Crippen molar-refractivity contribution < 1.29 is 13.2 Å². The van der Waals surface area contributed by atoms with Crippen LogP contribution in [0.15, 0.2) is 58.3 Å². The summed E-state index contributed by atoms with van der Waals surface area (Å²) >= 11 is 1.30. The molecule has 0 saturated carbocycles. The largest absolute Gasteiger partial charge is 0.463 e. The lowest BCUT2D eigenvalue weighted by atomic mass is 10.2. The highest BCUT2D eigenvalue weighted by Crippen LogP contribution is 2.24. The van der Waals surface area contributed by atoms with Crippen molar-refractivity contribution in [3.63, 3.8) is 0 Å². The van der Waals surface area contributed by atoms with Crippen molar-refractivity contribution in [2.24, 2.45) is 0 Å². The first-order valence-corrected chi connectivity index (χ1v) is 8.02. The molecule has 120 valence electrons. The molecule has 3 aromatic heterocycles. The number of rotatable bonds is 4. The molecule has 4 rings (SSSR count). The second-order valence-corrected chi connectivity index (χ2v) is 5.96. The number of nitrogens with zero attached hydrogens (tertiary/aromatic N) is 4. The predicted molar refractivity (Wildman–Crippen MR) is 84.4 cm³/mol. The lowest BCUT2D eigenvalue weighted by Crippen LogP contribution is -1.96. The van der Waals surface area contributed by atoms with E-state index in [1.54, 1.807) is 35.0 Å². The minimum Gasteiger partial charge on any atom is -0.463 e. The van der Waals surface area contributed by atoms with E-state index < -0.39 is 11.6 Å². The zero-order chi connectivity index (χ0) is 16.5. The Kier molecular flexibility index (Phi) is 3.73. The monoisotopic (exact) mass is 344 g/mol. The Morgan fingerprint density at radius 3 is 2.62 bits per heavy atom. The molecule has 4 aromatic rings. The van der Waals surface area contributed by atoms with Crippen LogP contribution in [0.1, 0.15) is 5.56 Å². The topological polar surface area (TPSA) is 56.2 Å². The van der Waals surface area contributed by atoms with Crippen LogP contribution in [-0.4, -0.2) is 19.8 Å². The molecule has 0 fully saturated rings. The van der Waals surface area contributed by atoms with Gasteiger partial charge < -0.3 is 4.42 Å². The van der Waals surface area contributed by atoms with Gasteiger partial charge in [0.1, 0.15) is 17.3 Å². The minimum absolute atomic E-state index is 0.349. The van der Waals surface area contributed by atoms with Gasteiger partial charge in [-0.2, -0.15) is 9.61 Å². The van der Waals surface area contributed by atoms with Gasteiger partial charge in [-0.15, -0.1) is 10.2 Å². The van der Waals surface area contributed by atoms with Crippen molar-refractivity contribution in [2.45, 2.75) is 10.9 Å². The highest BCUT2D eigenvalue weighted by molar-refractivity contribution is 7.98. The van der Waals surface area contributed by atoms with Gasteiger partial charge >= 0.3 is 0 Å². The molecule has 1 aromatic carbocycles. The number of thioether (sulfide) groups is 1. The first-order valence-electron chi connectivity index (χ1n) is 7.03. The van der Waals surface area contributed by atoms with Crippen molar-refractivity contribution in [1.82, 2.24) is 19.8 Å². The summed E-state index contributed by atoms with van der Waals surface area (Å²) in [6.45, 7) is 0. The molecule has 8 heteroatoms. The van der Waals surface area contributed by atoms with Crippen LogP contribution in [-0.2, 0) is 5.75 Å². The normalized spacial score (nSPS) is 11.2. The van der Waals surface area contributed by atoms with Gasteiger partial charge in [0.05, 0.1) is 6.26 Å². The minimum atomic E-state index is -0.602. The number of halogens is 2. The molecule has 24 heavy (non-hydrogen) atoms. The third-order valence-corrected chi connectivity index (χ3v) is 4.29. The van der Waals surface area contributed by atoms with Crippen molar-refractivity contribution in [3.8, 4) is 11.5 Å². The molecular formula is C16H10F2N4OS.